The first-order valence-corrected chi connectivity index (χ1v) is 12.9. The summed E-state index contributed by atoms with van der Waals surface area (Å²) in [7, 11) is 0. The van der Waals surface area contributed by atoms with Crippen molar-refractivity contribution in [2.75, 3.05) is 4.90 Å². The molecular weight excluding hydrogens is 555 g/mol. The van der Waals surface area contributed by atoms with Gasteiger partial charge >= 0.3 is 0 Å². The molecule has 0 aliphatic carbocycles. The maximum absolute atomic E-state index is 13.3. The second-order valence-corrected chi connectivity index (χ2v) is 9.67. The van der Waals surface area contributed by atoms with E-state index in [0.717, 1.165) is 5.56 Å². The summed E-state index contributed by atoms with van der Waals surface area (Å²) in [4.78, 5) is 27.3. The largest absolute Gasteiger partial charge is 0.489 e. The van der Waals surface area contributed by atoms with Crippen molar-refractivity contribution in [1.29, 1.82) is 0 Å². The minimum absolute atomic E-state index is 0.00456. The fraction of sp³-hybridized carbons (Fsp3) is 0.0333. The summed E-state index contributed by atoms with van der Waals surface area (Å²) in [5.74, 6) is 0.814. The molecule has 1 N–H and O–H groups in total. The number of nitrogens with one attached hydrogen (secondary N) is 1. The number of rotatable bonds is 7. The molecular formula is C30H20Cl2N2O4S. The van der Waals surface area contributed by atoms with E-state index < -0.39 is 11.8 Å². The molecule has 1 heterocycles. The summed E-state index contributed by atoms with van der Waals surface area (Å²) in [5, 5.41) is 3.54. The topological polar surface area (TPSA) is 67.9 Å². The number of ether oxygens (including phenoxy) is 2. The van der Waals surface area contributed by atoms with Crippen LogP contribution in [0.1, 0.15) is 11.1 Å². The molecule has 1 aliphatic rings. The summed E-state index contributed by atoms with van der Waals surface area (Å²) in [6.07, 6.45) is 1.52. The van der Waals surface area contributed by atoms with Crippen molar-refractivity contribution in [2.24, 2.45) is 0 Å². The number of para-hydroxylation sites is 1. The Morgan fingerprint density at radius 3 is 2.15 bits per heavy atom. The van der Waals surface area contributed by atoms with Gasteiger partial charge in [-0.2, -0.15) is 0 Å². The molecule has 194 valence electrons. The summed E-state index contributed by atoms with van der Waals surface area (Å²) in [6, 6.07) is 28.5. The first kappa shape index (κ1) is 26.4. The Kier molecular flexibility index (Phi) is 7.93. The van der Waals surface area contributed by atoms with E-state index in [2.05, 4.69) is 5.32 Å². The third kappa shape index (κ3) is 6.29. The molecule has 6 nitrogen and oxygen atoms in total. The van der Waals surface area contributed by atoms with Crippen LogP contribution >= 0.6 is 35.4 Å². The van der Waals surface area contributed by atoms with Gasteiger partial charge in [-0.05, 0) is 90.1 Å². The summed E-state index contributed by atoms with van der Waals surface area (Å²) < 4.78 is 11.6. The number of hydrogen-bond donors (Lipinski definition) is 1. The zero-order valence-electron chi connectivity index (χ0n) is 20.3. The molecule has 0 unspecified atom stereocenters. The normalized spacial score (nSPS) is 14.4. The van der Waals surface area contributed by atoms with Gasteiger partial charge in [0.25, 0.3) is 11.8 Å². The van der Waals surface area contributed by atoms with Crippen molar-refractivity contribution in [3.05, 3.63) is 124 Å². The fourth-order valence-corrected chi connectivity index (χ4v) is 4.40. The highest BCUT2D eigenvalue weighted by atomic mass is 35.5. The number of hydrogen-bond acceptors (Lipinski definition) is 5. The van der Waals surface area contributed by atoms with Crippen molar-refractivity contribution in [2.45, 2.75) is 6.61 Å². The van der Waals surface area contributed by atoms with Crippen LogP contribution in [0.15, 0.2) is 103 Å². The molecule has 9 heteroatoms. The van der Waals surface area contributed by atoms with Gasteiger partial charge in [0.1, 0.15) is 29.4 Å². The molecule has 0 aromatic heterocycles. The van der Waals surface area contributed by atoms with E-state index in [1.807, 2.05) is 36.4 Å². The van der Waals surface area contributed by atoms with E-state index >= 15 is 0 Å². The zero-order valence-corrected chi connectivity index (χ0v) is 22.6. The van der Waals surface area contributed by atoms with Crippen LogP contribution in [0.2, 0.25) is 10.0 Å². The third-order valence-electron chi connectivity index (χ3n) is 5.76. The Bertz CT molecular complexity index is 1570. The van der Waals surface area contributed by atoms with Crippen molar-refractivity contribution >= 4 is 64.1 Å². The van der Waals surface area contributed by atoms with Crippen molar-refractivity contribution in [1.82, 2.24) is 5.32 Å². The number of amides is 2. The first-order chi connectivity index (χ1) is 18.9. The van der Waals surface area contributed by atoms with E-state index in [1.54, 1.807) is 60.7 Å². The number of nitrogens with zero attached hydrogens (tertiary/aromatic N) is 1. The summed E-state index contributed by atoms with van der Waals surface area (Å²) in [5.41, 5.74) is 1.98. The molecule has 1 saturated heterocycles. The third-order valence-corrected chi connectivity index (χ3v) is 6.78. The molecule has 0 spiro atoms. The number of thiocarbonyl (C=S) groups is 1. The minimum Gasteiger partial charge on any atom is -0.489 e. The van der Waals surface area contributed by atoms with E-state index in [9.17, 15) is 9.59 Å². The van der Waals surface area contributed by atoms with Crippen LogP contribution < -0.4 is 19.7 Å². The van der Waals surface area contributed by atoms with Gasteiger partial charge < -0.3 is 9.47 Å². The Hall–Kier alpha value is -4.17. The number of carbonyl (C=O) groups excluding carboxylic acids is 2. The van der Waals surface area contributed by atoms with E-state index in [-0.39, 0.29) is 10.7 Å². The Morgan fingerprint density at radius 2 is 1.46 bits per heavy atom. The number of benzene rings is 4. The second-order valence-electron chi connectivity index (χ2n) is 8.47. The second kappa shape index (κ2) is 11.7. The first-order valence-electron chi connectivity index (χ1n) is 11.8. The summed E-state index contributed by atoms with van der Waals surface area (Å²) >= 11 is 17.3. The molecule has 0 saturated carbocycles. The lowest BCUT2D eigenvalue weighted by Crippen LogP contribution is -2.54. The molecule has 5 rings (SSSR count). The number of anilines is 1. The van der Waals surface area contributed by atoms with Gasteiger partial charge in [-0.1, -0.05) is 59.6 Å². The SMILES string of the molecule is O=C1NC(=S)N(c2ccc(Oc3ccccc3)cc2)C(=O)C1=Cc1ccc(OCc2ccc(Cl)c(Cl)c2)cc1. The minimum atomic E-state index is -0.565. The van der Waals surface area contributed by atoms with Crippen LogP contribution in [-0.2, 0) is 16.2 Å². The zero-order chi connectivity index (χ0) is 27.4. The maximum atomic E-state index is 13.3. The Balaban J connectivity index is 1.29. The number of carbonyl (C=O) groups is 2. The Labute approximate surface area is 240 Å². The van der Waals surface area contributed by atoms with Gasteiger partial charge in [0, 0.05) is 0 Å². The predicted molar refractivity (Wildman–Crippen MR) is 156 cm³/mol. The Morgan fingerprint density at radius 1 is 0.795 bits per heavy atom. The standard InChI is InChI=1S/C30H20Cl2N2O4S/c31-26-15-8-20(17-27(26)32)18-37-22-11-6-19(7-12-22)16-25-28(35)33-30(39)34(29(25)36)21-9-13-24(14-10-21)38-23-4-2-1-3-5-23/h1-17H,18H2,(H,33,35,39). The van der Waals surface area contributed by atoms with Crippen LogP contribution in [0.3, 0.4) is 0 Å². The van der Waals surface area contributed by atoms with Crippen LogP contribution in [0.5, 0.6) is 17.2 Å². The highest BCUT2D eigenvalue weighted by Crippen LogP contribution is 2.28. The highest BCUT2D eigenvalue weighted by Gasteiger charge is 2.34. The molecule has 0 bridgehead atoms. The lowest BCUT2D eigenvalue weighted by molar-refractivity contribution is -0.122. The summed E-state index contributed by atoms with van der Waals surface area (Å²) in [6.45, 7) is 0.305. The van der Waals surface area contributed by atoms with E-state index in [0.29, 0.717) is 45.2 Å². The fourth-order valence-electron chi connectivity index (χ4n) is 3.80. The predicted octanol–water partition coefficient (Wildman–Crippen LogP) is 7.20. The van der Waals surface area contributed by atoms with Crippen LogP contribution in [-0.4, -0.2) is 16.9 Å². The maximum Gasteiger partial charge on any atom is 0.270 e. The van der Waals surface area contributed by atoms with Crippen molar-refractivity contribution in [3.63, 3.8) is 0 Å². The molecule has 2 amide bonds. The van der Waals surface area contributed by atoms with Crippen LogP contribution in [0, 0.1) is 0 Å². The quantitative estimate of drug-likeness (QED) is 0.144. The molecule has 4 aromatic carbocycles. The average molecular weight is 575 g/mol. The van der Waals surface area contributed by atoms with E-state index in [4.69, 9.17) is 44.9 Å². The van der Waals surface area contributed by atoms with Gasteiger partial charge in [0.05, 0.1) is 15.7 Å². The van der Waals surface area contributed by atoms with Gasteiger partial charge in [-0.15, -0.1) is 0 Å². The molecule has 0 atom stereocenters. The number of halogens is 2. The molecule has 0 radical (unpaired) electrons. The average Bonchev–Trinajstić information content (AvgIpc) is 2.94. The smallest absolute Gasteiger partial charge is 0.270 e. The van der Waals surface area contributed by atoms with Gasteiger partial charge in [-0.25, -0.2) is 0 Å². The van der Waals surface area contributed by atoms with Crippen LogP contribution in [0.4, 0.5) is 5.69 Å². The van der Waals surface area contributed by atoms with Crippen molar-refractivity contribution in [3.8, 4) is 17.2 Å². The lowest BCUT2D eigenvalue weighted by Gasteiger charge is -2.29. The molecule has 1 fully saturated rings. The monoisotopic (exact) mass is 574 g/mol. The molecule has 39 heavy (non-hydrogen) atoms. The van der Waals surface area contributed by atoms with Gasteiger partial charge in [0.15, 0.2) is 5.11 Å². The molecule has 1 aliphatic heterocycles. The van der Waals surface area contributed by atoms with Gasteiger partial charge in [0.2, 0.25) is 0 Å². The van der Waals surface area contributed by atoms with Gasteiger partial charge in [-0.3, -0.25) is 19.8 Å². The van der Waals surface area contributed by atoms with E-state index in [1.165, 1.54) is 11.0 Å². The van der Waals surface area contributed by atoms with Crippen molar-refractivity contribution < 1.29 is 19.1 Å². The lowest BCUT2D eigenvalue weighted by atomic mass is 10.1. The molecule has 4 aromatic rings. The highest BCUT2D eigenvalue weighted by molar-refractivity contribution is 7.80. The van der Waals surface area contributed by atoms with Crippen LogP contribution in [0.25, 0.3) is 6.08 Å².